The van der Waals surface area contributed by atoms with Crippen LogP contribution < -0.4 is 56.6 Å². The van der Waals surface area contributed by atoms with Crippen LogP contribution >= 0.6 is 0 Å². The van der Waals surface area contributed by atoms with Crippen LogP contribution in [0.5, 0.6) is 0 Å². The van der Waals surface area contributed by atoms with Gasteiger partial charge in [-0.1, -0.05) is 143 Å². The standard InChI is InChI=1S/C22H24N3.C21H22N3.C20H22N4.C16H20N4.C15H18N4/c1-16-13-14-23(4)22(15-16)25-18(3)24(19-10-6-5-9-17(19)2)20-11-7-8-12-21(20)25;1-16-10-4-5-11-18(16)23-17(2)24(20-13-7-6-12-19(20)23)21-14-8-9-15-22(21)3;1-15-9-5-6-10-16(15)24-14-13-19(23(24)4)20-21(2)17-11-7-8-12-18(17)22(20)3;1-13-7-5-6-8-14(13)20-10-9-15(19(20)4)16-17(2)11-12-18(16)3;1-13-7-4-5-8-14(13)18-12-9-15(17(18)3)19-11-6-10-16(19)2/h5-15,18H,1-4H3;4-15,17H,1-3H3;5-14H,1-4H3;5-12H,1-4H3;4-12H,1-3H3/q2*+1;3*+2/t18-;17-;;;/m11.../s1/i1D3;;;;. The third kappa shape index (κ3) is 14.3. The third-order valence-electron chi connectivity index (χ3n) is 21.9. The summed E-state index contributed by atoms with van der Waals surface area (Å²) < 4.78 is 53.6. The van der Waals surface area contributed by atoms with E-state index in [1.54, 1.807) is 12.1 Å². The van der Waals surface area contributed by atoms with Gasteiger partial charge in [-0.05, 0) is 172 Å². The number of hydrogen-bond acceptors (Lipinski definition) is 4. The highest BCUT2D eigenvalue weighted by atomic mass is 15.5. The predicted molar refractivity (Wildman–Crippen MR) is 447 cm³/mol. The monoisotopic (exact) mass is 1490 g/mol. The quantitative estimate of drug-likeness (QED) is 0.128. The van der Waals surface area contributed by atoms with Gasteiger partial charge in [0.05, 0.1) is 102 Å². The molecule has 8 aromatic heterocycles. The van der Waals surface area contributed by atoms with Crippen molar-refractivity contribution in [1.82, 2.24) is 27.9 Å². The normalized spacial score (nSPS) is 13.9. The van der Waals surface area contributed by atoms with Gasteiger partial charge < -0.3 is 0 Å². The minimum Gasteiger partial charge on any atom is -0.298 e. The summed E-state index contributed by atoms with van der Waals surface area (Å²) >= 11 is 0. The maximum atomic E-state index is 7.80. The van der Waals surface area contributed by atoms with Crippen molar-refractivity contribution in [1.29, 1.82) is 0 Å². The van der Waals surface area contributed by atoms with Crippen molar-refractivity contribution < 1.29 is 41.1 Å². The van der Waals surface area contributed by atoms with E-state index in [-0.39, 0.29) is 12.3 Å². The van der Waals surface area contributed by atoms with E-state index in [0.717, 1.165) is 28.7 Å². The van der Waals surface area contributed by atoms with E-state index < -0.39 is 6.85 Å². The van der Waals surface area contributed by atoms with Crippen LogP contribution in [0.25, 0.3) is 57.0 Å². The molecule has 18 nitrogen and oxygen atoms in total. The fourth-order valence-electron chi connectivity index (χ4n) is 16.0. The maximum absolute atomic E-state index is 7.80. The molecule has 0 unspecified atom stereocenters. The van der Waals surface area contributed by atoms with Crippen molar-refractivity contribution in [3.8, 4) is 45.9 Å². The molecule has 10 heterocycles. The average Bonchev–Trinajstić information content (AvgIpc) is 1.60. The van der Waals surface area contributed by atoms with Gasteiger partial charge in [0, 0.05) is 44.4 Å². The zero-order chi connectivity index (χ0) is 81.3. The van der Waals surface area contributed by atoms with Crippen molar-refractivity contribution in [2.45, 2.75) is 67.6 Å². The molecule has 0 radical (unpaired) electrons. The SMILES string of the molecule is Cc1ccccc1-n1ccc(-c2n(C)c3ccccc3[n+]2C)[n+]1C.Cc1ccccc1-n1ccc(-c2n(C)cc[n+]2C)[n+]1C.Cc1ccccc1-n1ccc(-n2ccc[n+]2C)[n+]1C.Cc1ccccc1N1c2ccccc2N(c2cccc[n+]2C)[C@@H]1C.[2H]C([2H])([2H])c1cc[n+](C)c(N2c3ccccc3N(c3ccccc3C)[C@H]2C)c1. The smallest absolute Gasteiger partial charge is 0.298 e. The Morgan fingerprint density at radius 1 is 0.312 bits per heavy atom. The lowest BCUT2D eigenvalue weighted by atomic mass is 10.1. The summed E-state index contributed by atoms with van der Waals surface area (Å²) in [6.45, 7) is 13.0. The number of rotatable bonds is 10. The van der Waals surface area contributed by atoms with Gasteiger partial charge in [-0.2, -0.15) is 9.36 Å². The molecule has 0 spiro atoms. The van der Waals surface area contributed by atoms with Crippen molar-refractivity contribution >= 4 is 56.8 Å². The van der Waals surface area contributed by atoms with Gasteiger partial charge in [0.15, 0.2) is 62.1 Å². The zero-order valence-corrected chi connectivity index (χ0v) is 67.6. The second-order valence-electron chi connectivity index (χ2n) is 29.1. The van der Waals surface area contributed by atoms with E-state index in [4.69, 9.17) is 4.11 Å². The van der Waals surface area contributed by atoms with Crippen molar-refractivity contribution in [2.75, 3.05) is 19.6 Å². The number of aromatic nitrogens is 14. The lowest BCUT2D eigenvalue weighted by molar-refractivity contribution is -0.785. The van der Waals surface area contributed by atoms with E-state index in [0.29, 0.717) is 5.56 Å². The molecule has 0 amide bonds. The van der Waals surface area contributed by atoms with Crippen molar-refractivity contribution in [3.05, 3.63) is 338 Å². The molecule has 2 atom stereocenters. The summed E-state index contributed by atoms with van der Waals surface area (Å²) in [5.74, 6) is 5.53. The topological polar surface area (TPSA) is 73.6 Å². The minimum absolute atomic E-state index is 0.00319. The Kier molecular flexibility index (Phi) is 20.6. The summed E-state index contributed by atoms with van der Waals surface area (Å²) in [6.07, 6.45) is 18.7. The number of imidazole rings is 2. The summed E-state index contributed by atoms with van der Waals surface area (Å²) in [5.41, 5.74) is 22.2. The molecule has 2 aliphatic heterocycles. The first-order chi connectivity index (χ1) is 55.3. The second kappa shape index (κ2) is 32.1. The highest BCUT2D eigenvalue weighted by Gasteiger charge is 2.44. The number of nitrogens with zero attached hydrogens (tertiary/aromatic N) is 18. The van der Waals surface area contributed by atoms with Gasteiger partial charge in [-0.25, -0.2) is 37.2 Å². The molecule has 0 saturated carbocycles. The van der Waals surface area contributed by atoms with E-state index in [9.17, 15) is 0 Å². The maximum Gasteiger partial charge on any atom is 0.362 e. The molecule has 112 heavy (non-hydrogen) atoms. The summed E-state index contributed by atoms with van der Waals surface area (Å²) in [7, 11) is 20.7. The summed E-state index contributed by atoms with van der Waals surface area (Å²) in [6, 6.07) is 85.9. The van der Waals surface area contributed by atoms with Crippen LogP contribution in [0.15, 0.2) is 304 Å². The van der Waals surface area contributed by atoms with Crippen LogP contribution in [0.4, 0.5) is 45.8 Å². The lowest BCUT2D eigenvalue weighted by Gasteiger charge is -2.26. The largest absolute Gasteiger partial charge is 0.362 e. The molecule has 16 aromatic rings. The first-order valence-corrected chi connectivity index (χ1v) is 38.1. The van der Waals surface area contributed by atoms with Gasteiger partial charge in [0.2, 0.25) is 6.20 Å². The zero-order valence-electron chi connectivity index (χ0n) is 70.6. The number of para-hydroxylation sites is 11. The Bertz CT molecular complexity index is 6050. The van der Waals surface area contributed by atoms with Crippen molar-refractivity contribution in [3.63, 3.8) is 0 Å². The van der Waals surface area contributed by atoms with Crippen LogP contribution in [-0.4, -0.2) is 40.2 Å². The predicted octanol–water partition coefficient (Wildman–Crippen LogP) is 14.5. The highest BCUT2D eigenvalue weighted by molar-refractivity contribution is 5.89. The highest BCUT2D eigenvalue weighted by Crippen LogP contribution is 2.49. The van der Waals surface area contributed by atoms with Gasteiger partial charge in [0.25, 0.3) is 11.6 Å². The first kappa shape index (κ1) is 71.7. The molecular formula is C94H106N18+8. The molecule has 18 rings (SSSR count). The van der Waals surface area contributed by atoms with Crippen molar-refractivity contribution in [2.24, 2.45) is 70.5 Å². The van der Waals surface area contributed by atoms with E-state index >= 15 is 0 Å². The van der Waals surface area contributed by atoms with Gasteiger partial charge >= 0.3 is 28.9 Å². The Labute approximate surface area is 663 Å². The molecular weight excluding hydrogens is 1380 g/mol. The number of hydrogen-bond donors (Lipinski definition) is 0. The summed E-state index contributed by atoms with van der Waals surface area (Å²) in [4.78, 5) is 9.35. The Morgan fingerprint density at radius 3 is 1.17 bits per heavy atom. The number of anilines is 8. The lowest BCUT2D eigenvalue weighted by Crippen LogP contribution is -2.47. The fourth-order valence-corrected chi connectivity index (χ4v) is 16.0. The number of pyridine rings is 2. The van der Waals surface area contributed by atoms with Crippen LogP contribution in [0.1, 0.15) is 51.3 Å². The molecule has 0 saturated heterocycles. The Balaban J connectivity index is 0.000000119. The average molecular weight is 1490 g/mol. The molecule has 0 aliphatic carbocycles. The third-order valence-corrected chi connectivity index (χ3v) is 21.9. The molecule has 8 aromatic carbocycles. The molecule has 0 bridgehead atoms. The molecule has 0 fully saturated rings. The van der Waals surface area contributed by atoms with Gasteiger partial charge in [0.1, 0.15) is 30.8 Å². The minimum atomic E-state index is -2.14. The van der Waals surface area contributed by atoms with Gasteiger partial charge in [-0.3, -0.25) is 9.80 Å². The van der Waals surface area contributed by atoms with Crippen LogP contribution in [0, 0.1) is 41.5 Å². The second-order valence-corrected chi connectivity index (χ2v) is 29.1. The first-order valence-electron chi connectivity index (χ1n) is 39.6. The van der Waals surface area contributed by atoms with Crippen LogP contribution in [-0.2, 0) is 70.5 Å². The van der Waals surface area contributed by atoms with Gasteiger partial charge in [-0.15, -0.1) is 9.36 Å². The van der Waals surface area contributed by atoms with E-state index in [1.807, 2.05) is 55.3 Å². The molecule has 564 valence electrons. The van der Waals surface area contributed by atoms with Crippen LogP contribution in [0.3, 0.4) is 0 Å². The number of aryl methyl sites for hydroxylation is 13. The number of benzene rings is 8. The molecule has 0 N–H and O–H groups in total. The molecule has 18 heteroatoms. The van der Waals surface area contributed by atoms with Crippen LogP contribution in [0.2, 0.25) is 0 Å². The molecule has 2 aliphatic rings. The Hall–Kier alpha value is -13.2. The fraction of sp³-hybridized carbons (Fsp3) is 0.213. The van der Waals surface area contributed by atoms with E-state index in [2.05, 4.69) is 440 Å². The van der Waals surface area contributed by atoms with E-state index in [1.165, 1.54) is 102 Å². The Morgan fingerprint density at radius 2 is 0.723 bits per heavy atom. The number of fused-ring (bicyclic) bond motifs is 3. The summed E-state index contributed by atoms with van der Waals surface area (Å²) in [5, 5.41) is 0.